The summed E-state index contributed by atoms with van der Waals surface area (Å²) in [4.78, 5) is 0. The van der Waals surface area contributed by atoms with Crippen LogP contribution < -0.4 is 10.1 Å². The Morgan fingerprint density at radius 1 is 1.04 bits per heavy atom. The summed E-state index contributed by atoms with van der Waals surface area (Å²) in [5.74, 6) is 1.71. The number of benzene rings is 2. The first-order valence-electron chi connectivity index (χ1n) is 8.01. The lowest BCUT2D eigenvalue weighted by atomic mass is 9.95. The molecule has 2 aromatic carbocycles. The maximum atomic E-state index is 6.16. The molecule has 4 heteroatoms. The predicted molar refractivity (Wildman–Crippen MR) is 99.8 cm³/mol. The van der Waals surface area contributed by atoms with E-state index in [0.29, 0.717) is 0 Å². The summed E-state index contributed by atoms with van der Waals surface area (Å²) in [5, 5.41) is 4.14. The van der Waals surface area contributed by atoms with Crippen LogP contribution in [-0.2, 0) is 0 Å². The fourth-order valence-electron chi connectivity index (χ4n) is 2.98. The van der Waals surface area contributed by atoms with Gasteiger partial charge in [-0.3, -0.25) is 0 Å². The monoisotopic (exact) mass is 351 g/mol. The third-order valence-corrected chi connectivity index (χ3v) is 4.50. The van der Waals surface area contributed by atoms with Crippen LogP contribution in [0.5, 0.6) is 5.75 Å². The van der Waals surface area contributed by atoms with Gasteiger partial charge in [0.1, 0.15) is 5.75 Å². The third kappa shape index (κ3) is 5.13. The van der Waals surface area contributed by atoms with Crippen LogP contribution in [0.15, 0.2) is 48.5 Å². The van der Waals surface area contributed by atoms with Crippen molar-refractivity contribution in [2.45, 2.75) is 19.3 Å². The van der Waals surface area contributed by atoms with Gasteiger partial charge in [0.05, 0.1) is 6.61 Å². The van der Waals surface area contributed by atoms with Crippen LogP contribution in [0.3, 0.4) is 0 Å². The highest BCUT2D eigenvalue weighted by molar-refractivity contribution is 6.31. The van der Waals surface area contributed by atoms with Gasteiger partial charge in [0.25, 0.3) is 0 Å². The van der Waals surface area contributed by atoms with E-state index in [9.17, 15) is 0 Å². The van der Waals surface area contributed by atoms with Crippen molar-refractivity contribution in [1.29, 1.82) is 0 Å². The molecule has 1 aliphatic rings. The molecule has 0 spiro atoms. The summed E-state index contributed by atoms with van der Waals surface area (Å²) in [6.07, 6.45) is 3.64. The van der Waals surface area contributed by atoms with Crippen molar-refractivity contribution in [2.24, 2.45) is 5.92 Å². The summed E-state index contributed by atoms with van der Waals surface area (Å²) in [6.45, 7) is 3.05. The zero-order chi connectivity index (χ0) is 15.2. The van der Waals surface area contributed by atoms with Gasteiger partial charge in [-0.25, -0.2) is 0 Å². The lowest BCUT2D eigenvalue weighted by Gasteiger charge is -2.22. The molecule has 0 saturated carbocycles. The van der Waals surface area contributed by atoms with E-state index in [1.54, 1.807) is 0 Å². The standard InChI is InChI=1S/C19H22ClNO.ClH/c20-17-6-7-19(18(14-17)16-4-2-1-3-5-16)22-13-10-15-8-11-21-12-9-15;/h1-7,14-15,21H,8-13H2;1H. The summed E-state index contributed by atoms with van der Waals surface area (Å²) in [5.41, 5.74) is 2.21. The highest BCUT2D eigenvalue weighted by Gasteiger charge is 2.13. The topological polar surface area (TPSA) is 21.3 Å². The van der Waals surface area contributed by atoms with Crippen LogP contribution in [0, 0.1) is 5.92 Å². The maximum absolute atomic E-state index is 6.16. The van der Waals surface area contributed by atoms with Gasteiger partial charge >= 0.3 is 0 Å². The van der Waals surface area contributed by atoms with E-state index in [1.165, 1.54) is 12.8 Å². The van der Waals surface area contributed by atoms with Crippen LogP contribution in [0.25, 0.3) is 11.1 Å². The highest BCUT2D eigenvalue weighted by Crippen LogP contribution is 2.33. The Labute approximate surface area is 149 Å². The van der Waals surface area contributed by atoms with Crippen molar-refractivity contribution in [1.82, 2.24) is 5.32 Å². The zero-order valence-electron chi connectivity index (χ0n) is 13.1. The van der Waals surface area contributed by atoms with Crippen molar-refractivity contribution in [3.63, 3.8) is 0 Å². The first-order chi connectivity index (χ1) is 10.8. The predicted octanol–water partition coefficient (Wildman–Crippen LogP) is 5.20. The third-order valence-electron chi connectivity index (χ3n) is 4.27. The molecule has 23 heavy (non-hydrogen) atoms. The van der Waals surface area contributed by atoms with E-state index < -0.39 is 0 Å². The van der Waals surface area contributed by atoms with Crippen molar-refractivity contribution >= 4 is 24.0 Å². The van der Waals surface area contributed by atoms with Gasteiger partial charge < -0.3 is 10.1 Å². The molecule has 0 bridgehead atoms. The second-order valence-corrected chi connectivity index (χ2v) is 6.27. The molecule has 3 rings (SSSR count). The molecule has 1 N–H and O–H groups in total. The van der Waals surface area contributed by atoms with Crippen LogP contribution in [0.4, 0.5) is 0 Å². The Bertz CT molecular complexity index is 598. The van der Waals surface area contributed by atoms with Crippen molar-refractivity contribution in [2.75, 3.05) is 19.7 Å². The molecule has 0 aliphatic carbocycles. The van der Waals surface area contributed by atoms with Crippen molar-refractivity contribution in [3.05, 3.63) is 53.6 Å². The van der Waals surface area contributed by atoms with Crippen molar-refractivity contribution in [3.8, 4) is 16.9 Å². The first-order valence-corrected chi connectivity index (χ1v) is 8.39. The molecular formula is C19H23Cl2NO. The van der Waals surface area contributed by atoms with Gasteiger partial charge in [-0.1, -0.05) is 41.9 Å². The summed E-state index contributed by atoms with van der Waals surface area (Å²) >= 11 is 6.16. The average Bonchev–Trinajstić information content (AvgIpc) is 2.58. The molecule has 2 nitrogen and oxygen atoms in total. The Morgan fingerprint density at radius 2 is 1.78 bits per heavy atom. The average molecular weight is 352 g/mol. The van der Waals surface area contributed by atoms with E-state index in [-0.39, 0.29) is 12.4 Å². The van der Waals surface area contributed by atoms with Crippen LogP contribution >= 0.6 is 24.0 Å². The minimum atomic E-state index is 0. The molecule has 0 unspecified atom stereocenters. The van der Waals surface area contributed by atoms with Gasteiger partial charge in [0, 0.05) is 10.6 Å². The SMILES string of the molecule is Cl.Clc1ccc(OCCC2CCNCC2)c(-c2ccccc2)c1. The second-order valence-electron chi connectivity index (χ2n) is 5.84. The van der Waals surface area contributed by atoms with E-state index >= 15 is 0 Å². The molecule has 0 atom stereocenters. The number of nitrogens with one attached hydrogen (secondary N) is 1. The number of hydrogen-bond acceptors (Lipinski definition) is 2. The maximum Gasteiger partial charge on any atom is 0.127 e. The van der Waals surface area contributed by atoms with Gasteiger partial charge in [0.15, 0.2) is 0 Å². The Balaban J connectivity index is 0.00000192. The molecule has 1 heterocycles. The quantitative estimate of drug-likeness (QED) is 0.799. The summed E-state index contributed by atoms with van der Waals surface area (Å²) in [6, 6.07) is 16.1. The molecule has 1 fully saturated rings. The van der Waals surface area contributed by atoms with Gasteiger partial charge in [-0.2, -0.15) is 0 Å². The van der Waals surface area contributed by atoms with E-state index in [0.717, 1.165) is 53.9 Å². The van der Waals surface area contributed by atoms with Crippen molar-refractivity contribution < 1.29 is 4.74 Å². The molecule has 1 saturated heterocycles. The summed E-state index contributed by atoms with van der Waals surface area (Å²) in [7, 11) is 0. The molecule has 0 amide bonds. The Morgan fingerprint density at radius 3 is 2.52 bits per heavy atom. The molecule has 0 radical (unpaired) electrons. The normalized spacial score (nSPS) is 15.0. The molecule has 124 valence electrons. The number of ether oxygens (including phenoxy) is 1. The van der Waals surface area contributed by atoms with Crippen LogP contribution in [-0.4, -0.2) is 19.7 Å². The minimum absolute atomic E-state index is 0. The fraction of sp³-hybridized carbons (Fsp3) is 0.368. The van der Waals surface area contributed by atoms with Gasteiger partial charge in [-0.15, -0.1) is 12.4 Å². The highest BCUT2D eigenvalue weighted by atomic mass is 35.5. The number of rotatable bonds is 5. The van der Waals surface area contributed by atoms with Gasteiger partial charge in [0.2, 0.25) is 0 Å². The zero-order valence-corrected chi connectivity index (χ0v) is 14.7. The fourth-order valence-corrected chi connectivity index (χ4v) is 3.15. The minimum Gasteiger partial charge on any atom is -0.493 e. The van der Waals surface area contributed by atoms with Crippen LogP contribution in [0.2, 0.25) is 5.02 Å². The van der Waals surface area contributed by atoms with Crippen LogP contribution in [0.1, 0.15) is 19.3 Å². The number of hydrogen-bond donors (Lipinski definition) is 1. The lowest BCUT2D eigenvalue weighted by molar-refractivity contribution is 0.252. The molecule has 2 aromatic rings. The molecular weight excluding hydrogens is 329 g/mol. The first kappa shape index (κ1) is 18.1. The lowest BCUT2D eigenvalue weighted by Crippen LogP contribution is -2.28. The largest absolute Gasteiger partial charge is 0.493 e. The second kappa shape index (κ2) is 9.17. The van der Waals surface area contributed by atoms with E-state index in [2.05, 4.69) is 17.4 Å². The molecule has 1 aliphatic heterocycles. The summed E-state index contributed by atoms with van der Waals surface area (Å²) < 4.78 is 6.07. The number of halogens is 2. The number of piperidine rings is 1. The Hall–Kier alpha value is -1.22. The Kier molecular flexibility index (Phi) is 7.22. The van der Waals surface area contributed by atoms with Gasteiger partial charge in [-0.05, 0) is 62.0 Å². The van der Waals surface area contributed by atoms with E-state index in [4.69, 9.17) is 16.3 Å². The van der Waals surface area contributed by atoms with E-state index in [1.807, 2.05) is 36.4 Å². The smallest absolute Gasteiger partial charge is 0.127 e. The molecule has 0 aromatic heterocycles.